The van der Waals surface area contributed by atoms with E-state index in [-0.39, 0.29) is 12.3 Å². The molecule has 3 rings (SSSR count). The van der Waals surface area contributed by atoms with Crippen LogP contribution in [0.4, 0.5) is 0 Å². The van der Waals surface area contributed by atoms with Gasteiger partial charge in [0, 0.05) is 23.3 Å². The van der Waals surface area contributed by atoms with Crippen LogP contribution in [-0.4, -0.2) is 14.9 Å². The summed E-state index contributed by atoms with van der Waals surface area (Å²) in [5, 5.41) is 8.32. The van der Waals surface area contributed by atoms with Crippen molar-refractivity contribution >= 4 is 21.7 Å². The van der Waals surface area contributed by atoms with Crippen molar-refractivity contribution in [1.29, 1.82) is 5.41 Å². The molecule has 5 heteroatoms. The number of carbonyl (C=O) groups is 1. The molecule has 25 heavy (non-hydrogen) atoms. The first-order valence-electron chi connectivity index (χ1n) is 8.04. The second-order valence-corrected chi connectivity index (χ2v) is 7.17. The third-order valence-corrected chi connectivity index (χ3v) is 4.99. The molecule has 0 saturated carbocycles. The van der Waals surface area contributed by atoms with Crippen molar-refractivity contribution in [2.75, 3.05) is 0 Å². The zero-order valence-corrected chi connectivity index (χ0v) is 16.1. The summed E-state index contributed by atoms with van der Waals surface area (Å²) >= 11 is 3.39. The normalized spacial score (nSPS) is 10.9. The first-order valence-corrected chi connectivity index (χ1v) is 8.83. The van der Waals surface area contributed by atoms with E-state index in [9.17, 15) is 4.79 Å². The molecule has 1 aromatic heterocycles. The summed E-state index contributed by atoms with van der Waals surface area (Å²) in [5.74, 6) is -0.0166. The number of rotatable bonds is 4. The molecule has 0 amide bonds. The second kappa shape index (κ2) is 6.84. The number of halogens is 1. The van der Waals surface area contributed by atoms with Gasteiger partial charge < -0.3 is 9.13 Å². The first kappa shape index (κ1) is 17.4. The highest BCUT2D eigenvalue weighted by Crippen LogP contribution is 2.21. The average molecular weight is 398 g/mol. The van der Waals surface area contributed by atoms with Gasteiger partial charge in [0.25, 0.3) is 0 Å². The largest absolute Gasteiger partial charge is 0.314 e. The van der Waals surface area contributed by atoms with Gasteiger partial charge in [-0.1, -0.05) is 40.2 Å². The Balaban J connectivity index is 1.95. The summed E-state index contributed by atoms with van der Waals surface area (Å²) in [4.78, 5) is 12.5. The van der Waals surface area contributed by atoms with Crippen LogP contribution in [0.25, 0.3) is 11.3 Å². The van der Waals surface area contributed by atoms with E-state index < -0.39 is 0 Å². The second-order valence-electron chi connectivity index (χ2n) is 6.26. The molecular formula is C20H20BrN3O. The fraction of sp³-hybridized carbons (Fsp3) is 0.200. The zero-order chi connectivity index (χ0) is 18.1. The summed E-state index contributed by atoms with van der Waals surface area (Å²) in [6, 6.07) is 13.6. The minimum absolute atomic E-state index is 0.0166. The van der Waals surface area contributed by atoms with Crippen LogP contribution < -0.4 is 5.62 Å². The van der Waals surface area contributed by atoms with Crippen molar-refractivity contribution in [3.63, 3.8) is 0 Å². The zero-order valence-electron chi connectivity index (χ0n) is 14.5. The van der Waals surface area contributed by atoms with Crippen molar-refractivity contribution in [1.82, 2.24) is 9.13 Å². The van der Waals surface area contributed by atoms with E-state index in [2.05, 4.69) is 48.0 Å². The molecule has 0 aliphatic rings. The fourth-order valence-electron chi connectivity index (χ4n) is 2.80. The SMILES string of the molecule is Cc1ccc(-c2cn(CC(=O)c3cccc(Br)c3)c(=N)n2C)cc1C. The van der Waals surface area contributed by atoms with E-state index >= 15 is 0 Å². The lowest BCUT2D eigenvalue weighted by molar-refractivity contribution is 0.0970. The lowest BCUT2D eigenvalue weighted by Gasteiger charge is -2.05. The molecule has 0 aliphatic heterocycles. The Labute approximate surface area is 155 Å². The van der Waals surface area contributed by atoms with Crippen molar-refractivity contribution < 1.29 is 4.79 Å². The van der Waals surface area contributed by atoms with E-state index in [0.29, 0.717) is 11.2 Å². The van der Waals surface area contributed by atoms with E-state index in [4.69, 9.17) is 5.41 Å². The molecule has 0 aliphatic carbocycles. The van der Waals surface area contributed by atoms with Crippen LogP contribution >= 0.6 is 15.9 Å². The van der Waals surface area contributed by atoms with E-state index in [1.54, 1.807) is 21.3 Å². The summed E-state index contributed by atoms with van der Waals surface area (Å²) in [7, 11) is 1.85. The average Bonchev–Trinajstić information content (AvgIpc) is 2.86. The molecule has 1 heterocycles. The highest BCUT2D eigenvalue weighted by molar-refractivity contribution is 9.10. The lowest BCUT2D eigenvalue weighted by atomic mass is 10.0. The van der Waals surface area contributed by atoms with Crippen molar-refractivity contribution in [2.45, 2.75) is 20.4 Å². The maximum Gasteiger partial charge on any atom is 0.202 e. The Morgan fingerprint density at radius 2 is 1.88 bits per heavy atom. The first-order chi connectivity index (χ1) is 11.9. The van der Waals surface area contributed by atoms with Gasteiger partial charge in [0.15, 0.2) is 5.78 Å². The predicted octanol–water partition coefficient (Wildman–Crippen LogP) is 4.24. The maximum absolute atomic E-state index is 12.5. The Kier molecular flexibility index (Phi) is 4.77. The number of Topliss-reactive ketones (excluding diaryl/α,β-unsaturated/α-hetero) is 1. The molecule has 0 bridgehead atoms. The van der Waals surface area contributed by atoms with Crippen LogP contribution in [0, 0.1) is 19.3 Å². The number of aryl methyl sites for hydroxylation is 2. The molecule has 0 fully saturated rings. The van der Waals surface area contributed by atoms with Crippen LogP contribution in [0.15, 0.2) is 53.1 Å². The molecule has 0 unspecified atom stereocenters. The molecule has 3 aromatic rings. The van der Waals surface area contributed by atoms with E-state index in [0.717, 1.165) is 15.7 Å². The highest BCUT2D eigenvalue weighted by atomic mass is 79.9. The molecule has 4 nitrogen and oxygen atoms in total. The number of hydrogen-bond acceptors (Lipinski definition) is 2. The van der Waals surface area contributed by atoms with Crippen LogP contribution in [0.5, 0.6) is 0 Å². The van der Waals surface area contributed by atoms with Crippen LogP contribution in [0.3, 0.4) is 0 Å². The molecule has 0 atom stereocenters. The van der Waals surface area contributed by atoms with Gasteiger partial charge in [-0.3, -0.25) is 10.2 Å². The monoisotopic (exact) mass is 397 g/mol. The summed E-state index contributed by atoms with van der Waals surface area (Å²) in [6.45, 7) is 4.30. The molecule has 128 valence electrons. The lowest BCUT2D eigenvalue weighted by Crippen LogP contribution is -2.25. The molecule has 0 saturated heterocycles. The van der Waals surface area contributed by atoms with Gasteiger partial charge in [-0.25, -0.2) is 0 Å². The van der Waals surface area contributed by atoms with Crippen LogP contribution in [0.1, 0.15) is 21.5 Å². The van der Waals surface area contributed by atoms with Gasteiger partial charge in [0.2, 0.25) is 5.62 Å². The van der Waals surface area contributed by atoms with Gasteiger partial charge in [0.05, 0.1) is 12.2 Å². The van der Waals surface area contributed by atoms with Gasteiger partial charge >= 0.3 is 0 Å². The minimum Gasteiger partial charge on any atom is -0.314 e. The molecule has 1 N–H and O–H groups in total. The summed E-state index contributed by atoms with van der Waals surface area (Å²) in [5.41, 5.74) is 5.36. The molecule has 0 spiro atoms. The quantitative estimate of drug-likeness (QED) is 0.657. The Morgan fingerprint density at radius 3 is 2.56 bits per heavy atom. The Bertz CT molecular complexity index is 1010. The topological polar surface area (TPSA) is 50.8 Å². The predicted molar refractivity (Wildman–Crippen MR) is 103 cm³/mol. The number of imidazole rings is 1. The Hall–Kier alpha value is -2.40. The number of hydrogen-bond donors (Lipinski definition) is 1. The summed E-state index contributed by atoms with van der Waals surface area (Å²) in [6.07, 6.45) is 1.88. The van der Waals surface area contributed by atoms with Crippen LogP contribution in [0.2, 0.25) is 0 Å². The summed E-state index contributed by atoms with van der Waals surface area (Å²) < 4.78 is 4.37. The highest BCUT2D eigenvalue weighted by Gasteiger charge is 2.13. The number of benzene rings is 2. The van der Waals surface area contributed by atoms with E-state index in [1.165, 1.54) is 11.1 Å². The smallest absolute Gasteiger partial charge is 0.202 e. The number of ketones is 1. The number of nitrogens with zero attached hydrogens (tertiary/aromatic N) is 2. The van der Waals surface area contributed by atoms with Crippen molar-refractivity contribution in [2.24, 2.45) is 7.05 Å². The molecular weight excluding hydrogens is 378 g/mol. The van der Waals surface area contributed by atoms with Gasteiger partial charge in [-0.2, -0.15) is 0 Å². The van der Waals surface area contributed by atoms with E-state index in [1.807, 2.05) is 25.4 Å². The molecule has 2 aromatic carbocycles. The third-order valence-electron chi connectivity index (χ3n) is 4.49. The van der Waals surface area contributed by atoms with Crippen LogP contribution in [-0.2, 0) is 13.6 Å². The number of nitrogens with one attached hydrogen (secondary N) is 1. The minimum atomic E-state index is -0.0166. The number of aromatic nitrogens is 2. The third kappa shape index (κ3) is 3.51. The standard InChI is InChI=1S/C20H20BrN3O/c1-13-7-8-15(9-14(13)2)18-11-24(20(22)23(18)3)12-19(25)16-5-4-6-17(21)10-16/h4-11,22H,12H2,1-3H3. The number of carbonyl (C=O) groups excluding carboxylic acids is 1. The Morgan fingerprint density at radius 1 is 1.12 bits per heavy atom. The molecule has 0 radical (unpaired) electrons. The fourth-order valence-corrected chi connectivity index (χ4v) is 3.20. The van der Waals surface area contributed by atoms with Crippen molar-refractivity contribution in [3.05, 3.63) is 75.4 Å². The van der Waals surface area contributed by atoms with Crippen molar-refractivity contribution in [3.8, 4) is 11.3 Å². The van der Waals surface area contributed by atoms with Gasteiger partial charge in [-0.15, -0.1) is 0 Å². The van der Waals surface area contributed by atoms with Gasteiger partial charge in [-0.05, 0) is 48.7 Å². The van der Waals surface area contributed by atoms with Gasteiger partial charge in [0.1, 0.15) is 0 Å². The maximum atomic E-state index is 12.5.